The molecular formula is C18H26N4OS. The van der Waals surface area contributed by atoms with E-state index in [4.69, 9.17) is 4.52 Å². The SMILES string of the molecule is CCSC1CCCCN(c2cc(-c3nc(C(C)C)no3)ccn2)C1. The summed E-state index contributed by atoms with van der Waals surface area (Å²) in [6, 6.07) is 4.02. The molecule has 1 atom stereocenters. The summed E-state index contributed by atoms with van der Waals surface area (Å²) in [7, 11) is 0. The van der Waals surface area contributed by atoms with Crippen LogP contribution in [0.4, 0.5) is 5.82 Å². The molecule has 0 aliphatic carbocycles. The van der Waals surface area contributed by atoms with E-state index < -0.39 is 0 Å². The smallest absolute Gasteiger partial charge is 0.258 e. The first-order valence-electron chi connectivity index (χ1n) is 8.84. The van der Waals surface area contributed by atoms with Crippen LogP contribution in [-0.2, 0) is 0 Å². The molecule has 5 nitrogen and oxygen atoms in total. The van der Waals surface area contributed by atoms with E-state index in [0.29, 0.717) is 11.1 Å². The van der Waals surface area contributed by atoms with E-state index in [0.717, 1.165) is 30.3 Å². The molecule has 0 amide bonds. The number of hydrogen-bond donors (Lipinski definition) is 0. The summed E-state index contributed by atoms with van der Waals surface area (Å²) in [5.74, 6) is 3.78. The van der Waals surface area contributed by atoms with Crippen LogP contribution >= 0.6 is 11.8 Å². The fourth-order valence-electron chi connectivity index (χ4n) is 2.99. The fraction of sp³-hybridized carbons (Fsp3) is 0.611. The molecule has 1 aliphatic rings. The van der Waals surface area contributed by atoms with Crippen LogP contribution in [-0.4, -0.2) is 39.2 Å². The molecule has 0 N–H and O–H groups in total. The molecule has 0 bridgehead atoms. The molecule has 0 spiro atoms. The van der Waals surface area contributed by atoms with Gasteiger partial charge in [-0.05, 0) is 30.7 Å². The van der Waals surface area contributed by atoms with Crippen molar-refractivity contribution in [3.63, 3.8) is 0 Å². The van der Waals surface area contributed by atoms with E-state index in [1.807, 2.05) is 12.3 Å². The quantitative estimate of drug-likeness (QED) is 0.801. The van der Waals surface area contributed by atoms with Crippen molar-refractivity contribution >= 4 is 17.6 Å². The lowest BCUT2D eigenvalue weighted by Crippen LogP contribution is -2.30. The molecule has 130 valence electrons. The van der Waals surface area contributed by atoms with Crippen LogP contribution in [0.15, 0.2) is 22.9 Å². The molecule has 3 rings (SSSR count). The normalized spacial score (nSPS) is 18.8. The van der Waals surface area contributed by atoms with Crippen LogP contribution in [0.2, 0.25) is 0 Å². The molecule has 24 heavy (non-hydrogen) atoms. The van der Waals surface area contributed by atoms with Crippen molar-refractivity contribution < 1.29 is 4.52 Å². The zero-order valence-electron chi connectivity index (χ0n) is 14.7. The zero-order chi connectivity index (χ0) is 16.9. The van der Waals surface area contributed by atoms with Crippen LogP contribution in [0, 0.1) is 0 Å². The van der Waals surface area contributed by atoms with Gasteiger partial charge in [0.25, 0.3) is 5.89 Å². The van der Waals surface area contributed by atoms with Gasteiger partial charge in [-0.1, -0.05) is 32.3 Å². The Kier molecular flexibility index (Phi) is 5.76. The van der Waals surface area contributed by atoms with E-state index in [9.17, 15) is 0 Å². The van der Waals surface area contributed by atoms with Gasteiger partial charge in [-0.2, -0.15) is 16.7 Å². The van der Waals surface area contributed by atoms with Crippen molar-refractivity contribution in [1.82, 2.24) is 15.1 Å². The lowest BCUT2D eigenvalue weighted by Gasteiger charge is -2.25. The highest BCUT2D eigenvalue weighted by Gasteiger charge is 2.20. The fourth-order valence-corrected chi connectivity index (χ4v) is 4.08. The predicted octanol–water partition coefficient (Wildman–Crippen LogP) is 4.37. The average molecular weight is 347 g/mol. The lowest BCUT2D eigenvalue weighted by molar-refractivity contribution is 0.419. The number of pyridine rings is 1. The van der Waals surface area contributed by atoms with Crippen molar-refractivity contribution in [3.8, 4) is 11.5 Å². The third-order valence-corrected chi connectivity index (χ3v) is 5.49. The molecule has 6 heteroatoms. The number of thioether (sulfide) groups is 1. The highest BCUT2D eigenvalue weighted by atomic mass is 32.2. The summed E-state index contributed by atoms with van der Waals surface area (Å²) in [6.45, 7) is 8.50. The van der Waals surface area contributed by atoms with E-state index in [1.165, 1.54) is 25.0 Å². The first kappa shape index (κ1) is 17.3. The molecule has 2 aromatic rings. The first-order valence-corrected chi connectivity index (χ1v) is 9.88. The van der Waals surface area contributed by atoms with E-state index >= 15 is 0 Å². The molecule has 1 fully saturated rings. The highest BCUT2D eigenvalue weighted by Crippen LogP contribution is 2.27. The van der Waals surface area contributed by atoms with Gasteiger partial charge >= 0.3 is 0 Å². The second kappa shape index (κ2) is 8.01. The minimum absolute atomic E-state index is 0.265. The number of nitrogens with zero attached hydrogens (tertiary/aromatic N) is 4. The van der Waals surface area contributed by atoms with Gasteiger partial charge < -0.3 is 9.42 Å². The third-order valence-electron chi connectivity index (χ3n) is 4.31. The maximum Gasteiger partial charge on any atom is 0.258 e. The summed E-state index contributed by atoms with van der Waals surface area (Å²) < 4.78 is 5.43. The number of aromatic nitrogens is 3. The summed E-state index contributed by atoms with van der Waals surface area (Å²) in [5.41, 5.74) is 0.948. The standard InChI is InChI=1S/C18H26N4OS/c1-4-24-15-7-5-6-10-22(12-15)16-11-14(8-9-19-16)18-20-17(13(2)3)21-23-18/h8-9,11,13,15H,4-7,10,12H2,1-3H3. The Morgan fingerprint density at radius 1 is 1.38 bits per heavy atom. The van der Waals surface area contributed by atoms with Crippen LogP contribution in [0.5, 0.6) is 0 Å². The van der Waals surface area contributed by atoms with Crippen molar-refractivity contribution in [2.75, 3.05) is 23.7 Å². The topological polar surface area (TPSA) is 55.1 Å². The van der Waals surface area contributed by atoms with Crippen LogP contribution in [0.3, 0.4) is 0 Å². The summed E-state index contributed by atoms with van der Waals surface area (Å²) in [4.78, 5) is 11.5. The number of rotatable bonds is 5. The van der Waals surface area contributed by atoms with Gasteiger partial charge in [-0.15, -0.1) is 0 Å². The first-order chi connectivity index (χ1) is 11.7. The molecule has 0 aromatic carbocycles. The second-order valence-electron chi connectivity index (χ2n) is 6.53. The molecule has 1 unspecified atom stereocenters. The van der Waals surface area contributed by atoms with Crippen LogP contribution in [0.1, 0.15) is 51.8 Å². The number of hydrogen-bond acceptors (Lipinski definition) is 6. The van der Waals surface area contributed by atoms with Crippen molar-refractivity contribution in [2.45, 2.75) is 51.2 Å². The number of anilines is 1. The maximum atomic E-state index is 5.43. The summed E-state index contributed by atoms with van der Waals surface area (Å²) in [6.07, 6.45) is 5.67. The largest absolute Gasteiger partial charge is 0.355 e. The highest BCUT2D eigenvalue weighted by molar-refractivity contribution is 7.99. The van der Waals surface area contributed by atoms with Crippen LogP contribution in [0.25, 0.3) is 11.5 Å². The van der Waals surface area contributed by atoms with Crippen molar-refractivity contribution in [1.29, 1.82) is 0 Å². The monoisotopic (exact) mass is 346 g/mol. The molecular weight excluding hydrogens is 320 g/mol. The van der Waals surface area contributed by atoms with Gasteiger partial charge in [-0.25, -0.2) is 4.98 Å². The Hall–Kier alpha value is -1.56. The third kappa shape index (κ3) is 4.09. The predicted molar refractivity (Wildman–Crippen MR) is 99.6 cm³/mol. The van der Waals surface area contributed by atoms with Crippen molar-refractivity contribution in [2.24, 2.45) is 0 Å². The van der Waals surface area contributed by atoms with Crippen molar-refractivity contribution in [3.05, 3.63) is 24.2 Å². The lowest BCUT2D eigenvalue weighted by atomic mass is 10.2. The molecule has 2 aromatic heterocycles. The minimum Gasteiger partial charge on any atom is -0.355 e. The Morgan fingerprint density at radius 2 is 2.25 bits per heavy atom. The molecule has 3 heterocycles. The van der Waals surface area contributed by atoms with Gasteiger partial charge in [0, 0.05) is 36.0 Å². The van der Waals surface area contributed by atoms with E-state index in [1.54, 1.807) is 0 Å². The van der Waals surface area contributed by atoms with Gasteiger partial charge in [0.05, 0.1) is 0 Å². The Morgan fingerprint density at radius 3 is 3.00 bits per heavy atom. The second-order valence-corrected chi connectivity index (χ2v) is 8.11. The zero-order valence-corrected chi connectivity index (χ0v) is 15.6. The molecule has 1 aliphatic heterocycles. The molecule has 1 saturated heterocycles. The molecule has 0 saturated carbocycles. The van der Waals surface area contributed by atoms with Crippen LogP contribution < -0.4 is 4.90 Å². The minimum atomic E-state index is 0.265. The summed E-state index contributed by atoms with van der Waals surface area (Å²) >= 11 is 2.06. The van der Waals surface area contributed by atoms with Gasteiger partial charge in [-0.3, -0.25) is 0 Å². The van der Waals surface area contributed by atoms with Gasteiger partial charge in [0.15, 0.2) is 5.82 Å². The molecule has 0 radical (unpaired) electrons. The van der Waals surface area contributed by atoms with Gasteiger partial charge in [0.1, 0.15) is 5.82 Å². The summed E-state index contributed by atoms with van der Waals surface area (Å²) in [5, 5.41) is 4.76. The average Bonchev–Trinajstić information content (AvgIpc) is 2.97. The Labute approximate surface area is 148 Å². The Bertz CT molecular complexity index is 658. The Balaban J connectivity index is 1.80. The van der Waals surface area contributed by atoms with E-state index in [-0.39, 0.29) is 5.92 Å². The van der Waals surface area contributed by atoms with Gasteiger partial charge in [0.2, 0.25) is 0 Å². The van der Waals surface area contributed by atoms with E-state index in [2.05, 4.69) is 58.6 Å². The maximum absolute atomic E-state index is 5.43.